The second-order valence-corrected chi connectivity index (χ2v) is 3.76. The first-order chi connectivity index (χ1) is 5.25. The predicted octanol–water partition coefficient (Wildman–Crippen LogP) is 2.14. The largest absolute Gasteiger partial charge is 0.396 e. The third-order valence-corrected chi connectivity index (χ3v) is 2.68. The van der Waals surface area contributed by atoms with Crippen LogP contribution in [0.3, 0.4) is 0 Å². The lowest BCUT2D eigenvalue weighted by atomic mass is 10.2. The van der Waals surface area contributed by atoms with Crippen molar-refractivity contribution in [2.45, 2.75) is 6.42 Å². The molecule has 0 bridgehead atoms. The molecule has 1 rings (SSSR count). The molecule has 0 saturated carbocycles. The summed E-state index contributed by atoms with van der Waals surface area (Å²) in [6, 6.07) is 0. The topological polar surface area (TPSA) is 33.1 Å². The van der Waals surface area contributed by atoms with Gasteiger partial charge in [-0.05, 0) is 43.8 Å². The van der Waals surface area contributed by atoms with Crippen molar-refractivity contribution < 1.29 is 5.11 Å². The summed E-state index contributed by atoms with van der Waals surface area (Å²) in [4.78, 5) is 3.95. The van der Waals surface area contributed by atoms with Gasteiger partial charge in [0.25, 0.3) is 0 Å². The molecule has 0 unspecified atom stereocenters. The average molecular weight is 281 g/mol. The minimum absolute atomic E-state index is 0.154. The number of rotatable bonds is 2. The summed E-state index contributed by atoms with van der Waals surface area (Å²) < 4.78 is 1.86. The summed E-state index contributed by atoms with van der Waals surface area (Å²) in [5.41, 5.74) is 1.06. The highest BCUT2D eigenvalue weighted by Gasteiger charge is 2.03. The Morgan fingerprint density at radius 3 is 2.27 bits per heavy atom. The predicted molar refractivity (Wildman–Crippen MR) is 50.4 cm³/mol. The molecular weight excluding hydrogens is 274 g/mol. The van der Waals surface area contributed by atoms with Gasteiger partial charge in [-0.3, -0.25) is 4.98 Å². The smallest absolute Gasteiger partial charge is 0.0472 e. The lowest BCUT2D eigenvalue weighted by Crippen LogP contribution is -1.93. The summed E-state index contributed by atoms with van der Waals surface area (Å²) in [6.45, 7) is 0.154. The molecule has 0 spiro atoms. The Morgan fingerprint density at radius 1 is 1.27 bits per heavy atom. The van der Waals surface area contributed by atoms with E-state index in [2.05, 4.69) is 36.8 Å². The van der Waals surface area contributed by atoms with Gasteiger partial charge in [0.1, 0.15) is 0 Å². The van der Waals surface area contributed by atoms with Crippen LogP contribution in [-0.2, 0) is 6.42 Å². The van der Waals surface area contributed by atoms with Crippen LogP contribution in [0.25, 0.3) is 0 Å². The van der Waals surface area contributed by atoms with Gasteiger partial charge in [0.05, 0.1) is 0 Å². The van der Waals surface area contributed by atoms with Gasteiger partial charge in [-0.2, -0.15) is 0 Å². The molecule has 0 amide bonds. The van der Waals surface area contributed by atoms with Crippen LogP contribution in [-0.4, -0.2) is 16.7 Å². The van der Waals surface area contributed by atoms with Crippen molar-refractivity contribution in [2.24, 2.45) is 0 Å². The van der Waals surface area contributed by atoms with Crippen molar-refractivity contribution >= 4 is 31.9 Å². The highest BCUT2D eigenvalue weighted by Crippen LogP contribution is 2.23. The third kappa shape index (κ3) is 2.25. The van der Waals surface area contributed by atoms with E-state index in [0.717, 1.165) is 14.5 Å². The van der Waals surface area contributed by atoms with Crippen molar-refractivity contribution in [1.82, 2.24) is 4.98 Å². The Balaban J connectivity index is 3.00. The summed E-state index contributed by atoms with van der Waals surface area (Å²) in [7, 11) is 0. The van der Waals surface area contributed by atoms with E-state index >= 15 is 0 Å². The number of hydrogen-bond donors (Lipinski definition) is 1. The monoisotopic (exact) mass is 279 g/mol. The zero-order chi connectivity index (χ0) is 8.27. The standard InChI is InChI=1S/C7H7Br2NO/c8-6-3-10-4-7(9)5(6)1-2-11/h3-4,11H,1-2H2. The fourth-order valence-electron chi connectivity index (χ4n) is 0.789. The molecule has 2 nitrogen and oxygen atoms in total. The fourth-order valence-corrected chi connectivity index (χ4v) is 2.11. The molecule has 1 heterocycles. The molecule has 1 aromatic rings. The van der Waals surface area contributed by atoms with Gasteiger partial charge in [-0.15, -0.1) is 0 Å². The maximum Gasteiger partial charge on any atom is 0.0472 e. The first-order valence-corrected chi connectivity index (χ1v) is 4.73. The highest BCUT2D eigenvalue weighted by molar-refractivity contribution is 9.11. The number of aliphatic hydroxyl groups excluding tert-OH is 1. The van der Waals surface area contributed by atoms with E-state index in [1.54, 1.807) is 12.4 Å². The van der Waals surface area contributed by atoms with E-state index in [0.29, 0.717) is 6.42 Å². The van der Waals surface area contributed by atoms with E-state index in [1.165, 1.54) is 0 Å². The van der Waals surface area contributed by atoms with Crippen LogP contribution in [0.15, 0.2) is 21.3 Å². The van der Waals surface area contributed by atoms with Gasteiger partial charge in [-0.1, -0.05) is 0 Å². The molecule has 1 N–H and O–H groups in total. The van der Waals surface area contributed by atoms with Crippen molar-refractivity contribution in [3.05, 3.63) is 26.9 Å². The average Bonchev–Trinajstić information content (AvgIpc) is 1.97. The second-order valence-electron chi connectivity index (χ2n) is 2.06. The molecule has 0 radical (unpaired) electrons. The molecule has 11 heavy (non-hydrogen) atoms. The van der Waals surface area contributed by atoms with E-state index < -0.39 is 0 Å². The second kappa shape index (κ2) is 4.18. The highest BCUT2D eigenvalue weighted by atomic mass is 79.9. The molecule has 4 heteroatoms. The quantitative estimate of drug-likeness (QED) is 0.900. The van der Waals surface area contributed by atoms with Gasteiger partial charge >= 0.3 is 0 Å². The molecule has 0 atom stereocenters. The van der Waals surface area contributed by atoms with Crippen molar-refractivity contribution in [2.75, 3.05) is 6.61 Å². The van der Waals surface area contributed by atoms with Gasteiger partial charge in [0.2, 0.25) is 0 Å². The molecular formula is C7H7Br2NO. The fraction of sp³-hybridized carbons (Fsp3) is 0.286. The van der Waals surface area contributed by atoms with E-state index in [4.69, 9.17) is 5.11 Å². The molecule has 0 saturated heterocycles. The Morgan fingerprint density at radius 2 is 1.82 bits per heavy atom. The molecule has 60 valence electrons. The lowest BCUT2D eigenvalue weighted by Gasteiger charge is -2.03. The third-order valence-electron chi connectivity index (χ3n) is 1.31. The van der Waals surface area contributed by atoms with E-state index in [-0.39, 0.29) is 6.61 Å². The van der Waals surface area contributed by atoms with Crippen molar-refractivity contribution in [3.8, 4) is 0 Å². The zero-order valence-corrected chi connectivity index (χ0v) is 8.89. The van der Waals surface area contributed by atoms with Crippen LogP contribution >= 0.6 is 31.9 Å². The van der Waals surface area contributed by atoms with Crippen LogP contribution in [0, 0.1) is 0 Å². The number of aromatic nitrogens is 1. The summed E-state index contributed by atoms with van der Waals surface area (Å²) in [5.74, 6) is 0. The summed E-state index contributed by atoms with van der Waals surface area (Å²) in [6.07, 6.45) is 4.08. The lowest BCUT2D eigenvalue weighted by molar-refractivity contribution is 0.299. The van der Waals surface area contributed by atoms with E-state index in [1.807, 2.05) is 0 Å². The van der Waals surface area contributed by atoms with Gasteiger partial charge in [0, 0.05) is 27.9 Å². The Bertz CT molecular complexity index is 232. The van der Waals surface area contributed by atoms with Crippen LogP contribution in [0.1, 0.15) is 5.56 Å². The van der Waals surface area contributed by atoms with Gasteiger partial charge in [0.15, 0.2) is 0 Å². The maximum absolute atomic E-state index is 8.71. The SMILES string of the molecule is OCCc1c(Br)cncc1Br. The Labute approximate surface area is 81.9 Å². The van der Waals surface area contributed by atoms with Crippen molar-refractivity contribution in [1.29, 1.82) is 0 Å². The normalized spacial score (nSPS) is 10.1. The maximum atomic E-state index is 8.71. The summed E-state index contributed by atoms with van der Waals surface area (Å²) in [5, 5.41) is 8.71. The molecule has 0 aliphatic heterocycles. The molecule has 0 aromatic carbocycles. The molecule has 0 aliphatic rings. The van der Waals surface area contributed by atoms with Crippen LogP contribution in [0.5, 0.6) is 0 Å². The van der Waals surface area contributed by atoms with Crippen molar-refractivity contribution in [3.63, 3.8) is 0 Å². The van der Waals surface area contributed by atoms with Crippen LogP contribution in [0.4, 0.5) is 0 Å². The summed E-state index contributed by atoms with van der Waals surface area (Å²) >= 11 is 6.69. The number of pyridine rings is 1. The molecule has 0 aliphatic carbocycles. The minimum Gasteiger partial charge on any atom is -0.396 e. The first kappa shape index (κ1) is 9.16. The number of nitrogens with zero attached hydrogens (tertiary/aromatic N) is 1. The van der Waals surface area contributed by atoms with Gasteiger partial charge < -0.3 is 5.11 Å². The molecule has 0 fully saturated rings. The number of aliphatic hydroxyl groups is 1. The minimum atomic E-state index is 0.154. The molecule has 1 aromatic heterocycles. The zero-order valence-electron chi connectivity index (χ0n) is 5.72. The van der Waals surface area contributed by atoms with E-state index in [9.17, 15) is 0 Å². The Kier molecular flexibility index (Phi) is 3.48. The first-order valence-electron chi connectivity index (χ1n) is 3.14. The Hall–Kier alpha value is 0.0700. The number of hydrogen-bond acceptors (Lipinski definition) is 2. The van der Waals surface area contributed by atoms with Crippen LogP contribution in [0.2, 0.25) is 0 Å². The number of halogens is 2. The van der Waals surface area contributed by atoms with Gasteiger partial charge in [-0.25, -0.2) is 0 Å². The van der Waals surface area contributed by atoms with Crippen LogP contribution < -0.4 is 0 Å².